The summed E-state index contributed by atoms with van der Waals surface area (Å²) in [5.41, 5.74) is 2.74. The number of hydrogen-bond acceptors (Lipinski definition) is 4. The van der Waals surface area contributed by atoms with Crippen LogP contribution in [0.1, 0.15) is 38.3 Å². The number of aryl methyl sites for hydroxylation is 1. The molecule has 1 aromatic carbocycles. The van der Waals surface area contributed by atoms with Crippen LogP contribution in [-0.4, -0.2) is 18.2 Å². The highest BCUT2D eigenvalue weighted by atomic mass is 16.5. The average molecular weight is 300 g/mol. The normalized spacial score (nSPS) is 15.4. The molecule has 2 heterocycles. The first kappa shape index (κ1) is 14.7. The van der Waals surface area contributed by atoms with E-state index in [0.717, 1.165) is 40.7 Å². The first-order valence-corrected chi connectivity index (χ1v) is 7.51. The minimum absolute atomic E-state index is 0.243. The molecule has 0 amide bonds. The van der Waals surface area contributed by atoms with Crippen LogP contribution in [0.3, 0.4) is 0 Å². The molecule has 0 N–H and O–H groups in total. The largest absolute Gasteiger partial charge is 0.483 e. The van der Waals surface area contributed by atoms with Gasteiger partial charge < -0.3 is 13.9 Å². The fraction of sp³-hybridized carbons (Fsp3) is 0.389. The second-order valence-corrected chi connectivity index (χ2v) is 6.09. The topological polar surface area (TPSA) is 48.7 Å². The average Bonchev–Trinajstić information content (AvgIpc) is 2.85. The van der Waals surface area contributed by atoms with Gasteiger partial charge in [-0.3, -0.25) is 4.79 Å². The molecule has 2 aromatic rings. The highest BCUT2D eigenvalue weighted by Crippen LogP contribution is 2.38. The van der Waals surface area contributed by atoms with Gasteiger partial charge in [-0.05, 0) is 50.5 Å². The zero-order chi connectivity index (χ0) is 15.7. The molecular weight excluding hydrogens is 280 g/mol. The minimum atomic E-state index is -0.292. The fourth-order valence-corrected chi connectivity index (χ4v) is 2.72. The van der Waals surface area contributed by atoms with Gasteiger partial charge in [0.15, 0.2) is 0 Å². The minimum Gasteiger partial charge on any atom is -0.483 e. The Hall–Kier alpha value is -2.23. The summed E-state index contributed by atoms with van der Waals surface area (Å²) in [6, 6.07) is 3.90. The van der Waals surface area contributed by atoms with Crippen LogP contribution in [0.4, 0.5) is 0 Å². The van der Waals surface area contributed by atoms with Crippen molar-refractivity contribution >= 4 is 23.0 Å². The number of carbonyl (C=O) groups is 1. The van der Waals surface area contributed by atoms with E-state index in [0.29, 0.717) is 6.61 Å². The van der Waals surface area contributed by atoms with E-state index in [1.54, 1.807) is 6.26 Å². The van der Waals surface area contributed by atoms with Crippen LogP contribution < -0.4 is 4.74 Å². The zero-order valence-electron chi connectivity index (χ0n) is 13.1. The maximum atomic E-state index is 10.8. The van der Waals surface area contributed by atoms with Crippen LogP contribution in [0.15, 0.2) is 28.9 Å². The first-order valence-electron chi connectivity index (χ1n) is 7.51. The van der Waals surface area contributed by atoms with Crippen molar-refractivity contribution < 1.29 is 18.7 Å². The lowest BCUT2D eigenvalue weighted by Crippen LogP contribution is -2.27. The highest BCUT2D eigenvalue weighted by Gasteiger charge is 2.24. The predicted octanol–water partition coefficient (Wildman–Crippen LogP) is 4.11. The molecule has 0 unspecified atom stereocenters. The third-order valence-corrected chi connectivity index (χ3v) is 3.74. The lowest BCUT2D eigenvalue weighted by molar-refractivity contribution is -0.141. The Labute approximate surface area is 129 Å². The summed E-state index contributed by atoms with van der Waals surface area (Å²) in [6.45, 7) is 5.92. The lowest BCUT2D eigenvalue weighted by Gasteiger charge is -2.28. The van der Waals surface area contributed by atoms with Gasteiger partial charge >= 0.3 is 5.97 Å². The van der Waals surface area contributed by atoms with E-state index in [4.69, 9.17) is 13.9 Å². The Morgan fingerprint density at radius 1 is 1.32 bits per heavy atom. The smallest absolute Gasteiger partial charge is 0.302 e. The number of furan rings is 1. The van der Waals surface area contributed by atoms with Crippen molar-refractivity contribution in [1.29, 1.82) is 0 Å². The van der Waals surface area contributed by atoms with Crippen molar-refractivity contribution in [2.24, 2.45) is 0 Å². The SMILES string of the molecule is CC(=O)OCCCc1coc2ccc3c(c12)C=CC(C)(C)O3. The van der Waals surface area contributed by atoms with Gasteiger partial charge in [-0.2, -0.15) is 0 Å². The fourth-order valence-electron chi connectivity index (χ4n) is 2.72. The van der Waals surface area contributed by atoms with Gasteiger partial charge in [0.05, 0.1) is 12.9 Å². The van der Waals surface area contributed by atoms with Crippen molar-refractivity contribution in [2.45, 2.75) is 39.2 Å². The second kappa shape index (κ2) is 5.52. The van der Waals surface area contributed by atoms with Crippen LogP contribution in [0.2, 0.25) is 0 Å². The Morgan fingerprint density at radius 2 is 2.14 bits per heavy atom. The standard InChI is InChI=1S/C18H20O4/c1-12(19)20-10-4-5-13-11-21-16-7-6-15-14(17(13)16)8-9-18(2,3)22-15/h6-9,11H,4-5,10H2,1-3H3. The number of fused-ring (bicyclic) bond motifs is 3. The predicted molar refractivity (Wildman–Crippen MR) is 84.9 cm³/mol. The van der Waals surface area contributed by atoms with Gasteiger partial charge in [0.25, 0.3) is 0 Å². The molecule has 116 valence electrons. The molecule has 0 saturated carbocycles. The number of benzene rings is 1. The number of carbonyl (C=O) groups excluding carboxylic acids is 1. The van der Waals surface area contributed by atoms with Gasteiger partial charge in [0, 0.05) is 17.9 Å². The van der Waals surface area contributed by atoms with Crippen molar-refractivity contribution in [3.63, 3.8) is 0 Å². The molecule has 0 fully saturated rings. The van der Waals surface area contributed by atoms with E-state index in [2.05, 4.69) is 12.2 Å². The molecular formula is C18H20O4. The van der Waals surface area contributed by atoms with E-state index in [1.807, 2.05) is 26.0 Å². The molecule has 0 saturated heterocycles. The van der Waals surface area contributed by atoms with E-state index in [9.17, 15) is 4.79 Å². The van der Waals surface area contributed by atoms with Crippen molar-refractivity contribution in [1.82, 2.24) is 0 Å². The summed E-state index contributed by atoms with van der Waals surface area (Å²) in [5.74, 6) is 0.635. The Balaban J connectivity index is 1.88. The van der Waals surface area contributed by atoms with Gasteiger partial charge in [0.2, 0.25) is 0 Å². The number of ether oxygens (including phenoxy) is 2. The van der Waals surface area contributed by atoms with Crippen molar-refractivity contribution in [3.8, 4) is 5.75 Å². The maximum Gasteiger partial charge on any atom is 0.302 e. The highest BCUT2D eigenvalue weighted by molar-refractivity contribution is 5.93. The number of rotatable bonds is 4. The molecule has 0 spiro atoms. The molecule has 4 nitrogen and oxygen atoms in total. The summed E-state index contributed by atoms with van der Waals surface area (Å²) in [5, 5.41) is 1.09. The molecule has 3 rings (SSSR count). The van der Waals surface area contributed by atoms with Crippen LogP contribution in [0, 0.1) is 0 Å². The van der Waals surface area contributed by atoms with Crippen LogP contribution in [0.25, 0.3) is 17.0 Å². The summed E-state index contributed by atoms with van der Waals surface area (Å²) in [6.07, 6.45) is 7.52. The molecule has 0 aliphatic carbocycles. The van der Waals surface area contributed by atoms with E-state index < -0.39 is 0 Å². The molecule has 0 radical (unpaired) electrons. The third kappa shape index (κ3) is 2.86. The first-order chi connectivity index (χ1) is 10.5. The molecule has 0 bridgehead atoms. The molecule has 0 atom stereocenters. The lowest BCUT2D eigenvalue weighted by atomic mass is 9.97. The monoisotopic (exact) mass is 300 g/mol. The Kier molecular flexibility index (Phi) is 3.69. The zero-order valence-corrected chi connectivity index (χ0v) is 13.1. The van der Waals surface area contributed by atoms with Crippen molar-refractivity contribution in [2.75, 3.05) is 6.61 Å². The third-order valence-electron chi connectivity index (χ3n) is 3.74. The summed E-state index contributed by atoms with van der Waals surface area (Å²) < 4.78 is 16.6. The molecule has 1 aromatic heterocycles. The summed E-state index contributed by atoms with van der Waals surface area (Å²) >= 11 is 0. The van der Waals surface area contributed by atoms with Gasteiger partial charge in [-0.15, -0.1) is 0 Å². The maximum absolute atomic E-state index is 10.8. The molecule has 1 aliphatic rings. The van der Waals surface area contributed by atoms with E-state index >= 15 is 0 Å². The van der Waals surface area contributed by atoms with Crippen LogP contribution >= 0.6 is 0 Å². The summed E-state index contributed by atoms with van der Waals surface area (Å²) in [7, 11) is 0. The molecule has 4 heteroatoms. The number of esters is 1. The van der Waals surface area contributed by atoms with Crippen LogP contribution in [-0.2, 0) is 16.0 Å². The Bertz CT molecular complexity index is 737. The van der Waals surface area contributed by atoms with Crippen molar-refractivity contribution in [3.05, 3.63) is 35.6 Å². The molecule has 1 aliphatic heterocycles. The van der Waals surface area contributed by atoms with Gasteiger partial charge in [0.1, 0.15) is 16.9 Å². The van der Waals surface area contributed by atoms with Gasteiger partial charge in [-0.25, -0.2) is 0 Å². The summed E-state index contributed by atoms with van der Waals surface area (Å²) in [4.78, 5) is 10.8. The quantitative estimate of drug-likeness (QED) is 0.629. The van der Waals surface area contributed by atoms with E-state index in [-0.39, 0.29) is 11.6 Å². The van der Waals surface area contributed by atoms with Gasteiger partial charge in [-0.1, -0.05) is 6.08 Å². The van der Waals surface area contributed by atoms with Crippen LogP contribution in [0.5, 0.6) is 5.75 Å². The number of hydrogen-bond donors (Lipinski definition) is 0. The Morgan fingerprint density at radius 3 is 2.91 bits per heavy atom. The van der Waals surface area contributed by atoms with E-state index in [1.165, 1.54) is 6.92 Å². The second-order valence-electron chi connectivity index (χ2n) is 6.09. The molecule has 22 heavy (non-hydrogen) atoms.